The number of carbonyl (C=O) groups excluding carboxylic acids is 2. The Hall–Kier alpha value is -3.05. The van der Waals surface area contributed by atoms with Crippen LogP contribution >= 0.6 is 11.8 Å². The first-order valence-corrected chi connectivity index (χ1v) is 11.5. The maximum atomic E-state index is 12.7. The summed E-state index contributed by atoms with van der Waals surface area (Å²) in [5.74, 6) is 0.539. The van der Waals surface area contributed by atoms with Crippen LogP contribution in [0.25, 0.3) is 0 Å². The molecule has 0 bridgehead atoms. The molecule has 1 atom stereocenters. The number of nitrogens with zero attached hydrogens (tertiary/aromatic N) is 1. The minimum Gasteiger partial charge on any atom is -0.326 e. The van der Waals surface area contributed by atoms with Crippen LogP contribution in [0.15, 0.2) is 72.8 Å². The fourth-order valence-corrected chi connectivity index (χ4v) is 5.08. The minimum atomic E-state index is -0.125. The Morgan fingerprint density at radius 2 is 1.65 bits per heavy atom. The molecule has 0 aliphatic carbocycles. The quantitative estimate of drug-likeness (QED) is 0.572. The molecule has 0 saturated carbocycles. The van der Waals surface area contributed by atoms with Crippen molar-refractivity contribution in [2.75, 3.05) is 17.6 Å². The van der Waals surface area contributed by atoms with Crippen LogP contribution < -0.4 is 5.32 Å². The van der Waals surface area contributed by atoms with Crippen molar-refractivity contribution in [1.82, 2.24) is 4.90 Å². The van der Waals surface area contributed by atoms with E-state index in [-0.39, 0.29) is 17.2 Å². The molecule has 1 aliphatic rings. The molecule has 3 aromatic carbocycles. The van der Waals surface area contributed by atoms with Gasteiger partial charge in [0.05, 0.1) is 5.75 Å². The number of hydrogen-bond acceptors (Lipinski definition) is 3. The van der Waals surface area contributed by atoms with Crippen LogP contribution in [0.2, 0.25) is 0 Å². The molecule has 158 valence electrons. The van der Waals surface area contributed by atoms with E-state index in [0.717, 1.165) is 28.8 Å². The third-order valence-electron chi connectivity index (χ3n) is 5.63. The summed E-state index contributed by atoms with van der Waals surface area (Å²) in [6.07, 6.45) is 0.833. The van der Waals surface area contributed by atoms with E-state index in [0.29, 0.717) is 17.9 Å². The number of thioether (sulfide) groups is 1. The number of amides is 2. The highest BCUT2D eigenvalue weighted by molar-refractivity contribution is 8.00. The van der Waals surface area contributed by atoms with Crippen molar-refractivity contribution < 1.29 is 9.59 Å². The van der Waals surface area contributed by atoms with Crippen LogP contribution in [0, 0.1) is 13.8 Å². The van der Waals surface area contributed by atoms with Crippen molar-refractivity contribution in [3.05, 3.63) is 101 Å². The molecule has 0 radical (unpaired) electrons. The van der Waals surface area contributed by atoms with Crippen molar-refractivity contribution >= 4 is 29.3 Å². The van der Waals surface area contributed by atoms with Gasteiger partial charge in [-0.15, -0.1) is 11.8 Å². The molecule has 4 rings (SSSR count). The van der Waals surface area contributed by atoms with Crippen molar-refractivity contribution in [3.63, 3.8) is 0 Å². The summed E-state index contributed by atoms with van der Waals surface area (Å²) in [5.41, 5.74) is 5.83. The van der Waals surface area contributed by atoms with Gasteiger partial charge in [-0.1, -0.05) is 60.7 Å². The van der Waals surface area contributed by atoms with E-state index < -0.39 is 0 Å². The maximum absolute atomic E-state index is 12.7. The normalized spacial score (nSPS) is 15.9. The molecule has 1 aliphatic heterocycles. The molecule has 0 spiro atoms. The van der Waals surface area contributed by atoms with Crippen molar-refractivity contribution in [1.29, 1.82) is 0 Å². The highest BCUT2D eigenvalue weighted by atomic mass is 32.2. The zero-order valence-corrected chi connectivity index (χ0v) is 18.6. The second-order valence-corrected chi connectivity index (χ2v) is 8.90. The standard InChI is InChI=1S/C26H26N2O2S/c1-18-7-6-8-19(2)24(18)27-25(30)21-11-13-22(14-12-21)26-28(23(29)17-31-26)16-15-20-9-4-3-5-10-20/h3-14,26H,15-17H2,1-2H3,(H,27,30)/t26-/m0/s1. The highest BCUT2D eigenvalue weighted by Crippen LogP contribution is 2.38. The predicted molar refractivity (Wildman–Crippen MR) is 127 cm³/mol. The molecular weight excluding hydrogens is 404 g/mol. The van der Waals surface area contributed by atoms with E-state index in [4.69, 9.17) is 0 Å². The first kappa shape index (κ1) is 21.2. The van der Waals surface area contributed by atoms with Crippen LogP contribution in [-0.2, 0) is 11.2 Å². The molecule has 1 heterocycles. The van der Waals surface area contributed by atoms with Gasteiger partial charge in [0.1, 0.15) is 5.37 Å². The molecule has 0 aromatic heterocycles. The number of carbonyl (C=O) groups is 2. The van der Waals surface area contributed by atoms with E-state index in [1.54, 1.807) is 11.8 Å². The van der Waals surface area contributed by atoms with Crippen LogP contribution in [-0.4, -0.2) is 29.0 Å². The Kier molecular flexibility index (Phi) is 6.42. The van der Waals surface area contributed by atoms with Gasteiger partial charge in [0.25, 0.3) is 5.91 Å². The lowest BCUT2D eigenvalue weighted by molar-refractivity contribution is -0.128. The van der Waals surface area contributed by atoms with Gasteiger partial charge in [0, 0.05) is 17.8 Å². The summed E-state index contributed by atoms with van der Waals surface area (Å²) in [5, 5.41) is 3.02. The number of aryl methyl sites for hydroxylation is 2. The number of rotatable bonds is 6. The molecular formula is C26H26N2O2S. The fourth-order valence-electron chi connectivity index (χ4n) is 3.86. The Morgan fingerprint density at radius 3 is 2.32 bits per heavy atom. The van der Waals surface area contributed by atoms with E-state index in [1.165, 1.54) is 5.56 Å². The number of hydrogen-bond donors (Lipinski definition) is 1. The van der Waals surface area contributed by atoms with Gasteiger partial charge in [0.2, 0.25) is 5.91 Å². The third-order valence-corrected chi connectivity index (χ3v) is 6.89. The third kappa shape index (κ3) is 4.83. The molecule has 0 unspecified atom stereocenters. The minimum absolute atomic E-state index is 0.00747. The van der Waals surface area contributed by atoms with Gasteiger partial charge >= 0.3 is 0 Å². The molecule has 1 N–H and O–H groups in total. The average molecular weight is 431 g/mol. The van der Waals surface area contributed by atoms with Crippen LogP contribution in [0.1, 0.15) is 38.0 Å². The van der Waals surface area contributed by atoms with Crippen molar-refractivity contribution in [2.45, 2.75) is 25.6 Å². The summed E-state index contributed by atoms with van der Waals surface area (Å²) in [7, 11) is 0. The smallest absolute Gasteiger partial charge is 0.255 e. The van der Waals surface area contributed by atoms with E-state index >= 15 is 0 Å². The molecule has 2 amide bonds. The molecule has 3 aromatic rings. The van der Waals surface area contributed by atoms with E-state index in [1.807, 2.05) is 79.4 Å². The van der Waals surface area contributed by atoms with Crippen LogP contribution in [0.5, 0.6) is 0 Å². The molecule has 5 heteroatoms. The molecule has 31 heavy (non-hydrogen) atoms. The zero-order valence-electron chi connectivity index (χ0n) is 17.8. The zero-order chi connectivity index (χ0) is 21.8. The largest absolute Gasteiger partial charge is 0.326 e. The second kappa shape index (κ2) is 9.40. The monoisotopic (exact) mass is 430 g/mol. The number of benzene rings is 3. The number of nitrogens with one attached hydrogen (secondary N) is 1. The van der Waals surface area contributed by atoms with Crippen LogP contribution in [0.3, 0.4) is 0 Å². The molecule has 4 nitrogen and oxygen atoms in total. The Bertz CT molecular complexity index is 1060. The molecule has 1 saturated heterocycles. The molecule has 1 fully saturated rings. The van der Waals surface area contributed by atoms with Gasteiger partial charge in [-0.2, -0.15) is 0 Å². The first-order valence-electron chi connectivity index (χ1n) is 10.5. The van der Waals surface area contributed by atoms with Gasteiger partial charge in [-0.05, 0) is 54.7 Å². The lowest BCUT2D eigenvalue weighted by Gasteiger charge is -2.24. The highest BCUT2D eigenvalue weighted by Gasteiger charge is 2.32. The number of para-hydroxylation sites is 1. The Morgan fingerprint density at radius 1 is 0.968 bits per heavy atom. The Balaban J connectivity index is 1.45. The fraction of sp³-hybridized carbons (Fsp3) is 0.231. The lowest BCUT2D eigenvalue weighted by atomic mass is 10.1. The summed E-state index contributed by atoms with van der Waals surface area (Å²) in [6.45, 7) is 4.67. The first-order chi connectivity index (χ1) is 15.0. The summed E-state index contributed by atoms with van der Waals surface area (Å²) in [6, 6.07) is 23.8. The summed E-state index contributed by atoms with van der Waals surface area (Å²) < 4.78 is 0. The summed E-state index contributed by atoms with van der Waals surface area (Å²) >= 11 is 1.64. The van der Waals surface area contributed by atoms with Crippen LogP contribution in [0.4, 0.5) is 5.69 Å². The topological polar surface area (TPSA) is 49.4 Å². The van der Waals surface area contributed by atoms with Gasteiger partial charge in [-0.25, -0.2) is 0 Å². The van der Waals surface area contributed by atoms with E-state index in [9.17, 15) is 9.59 Å². The van der Waals surface area contributed by atoms with Crippen molar-refractivity contribution in [3.8, 4) is 0 Å². The van der Waals surface area contributed by atoms with Gasteiger partial charge in [-0.3, -0.25) is 9.59 Å². The van der Waals surface area contributed by atoms with E-state index in [2.05, 4.69) is 17.4 Å². The van der Waals surface area contributed by atoms with Gasteiger partial charge < -0.3 is 10.2 Å². The Labute approximate surface area is 187 Å². The van der Waals surface area contributed by atoms with Crippen molar-refractivity contribution in [2.24, 2.45) is 0 Å². The maximum Gasteiger partial charge on any atom is 0.255 e. The lowest BCUT2D eigenvalue weighted by Crippen LogP contribution is -2.30. The number of anilines is 1. The average Bonchev–Trinajstić information content (AvgIpc) is 3.16. The second-order valence-electron chi connectivity index (χ2n) is 7.83. The summed E-state index contributed by atoms with van der Waals surface area (Å²) in [4.78, 5) is 27.2. The van der Waals surface area contributed by atoms with Gasteiger partial charge in [0.15, 0.2) is 0 Å². The predicted octanol–water partition coefficient (Wildman–Crippen LogP) is 5.37. The SMILES string of the molecule is Cc1cccc(C)c1NC(=O)c1ccc([C@@H]2SCC(=O)N2CCc2ccccc2)cc1.